The third kappa shape index (κ3) is 4.50. The maximum atomic E-state index is 12.2. The molecule has 0 bridgehead atoms. The van der Waals surface area contributed by atoms with Gasteiger partial charge in [-0.25, -0.2) is 13.1 Å². The molecule has 0 spiro atoms. The maximum Gasteiger partial charge on any atom is 0.243 e. The summed E-state index contributed by atoms with van der Waals surface area (Å²) < 4.78 is 27.0. The van der Waals surface area contributed by atoms with E-state index >= 15 is 0 Å². The Morgan fingerprint density at radius 2 is 1.79 bits per heavy atom. The van der Waals surface area contributed by atoms with Gasteiger partial charge in [0.25, 0.3) is 0 Å². The fourth-order valence-electron chi connectivity index (χ4n) is 1.74. The molecule has 0 saturated heterocycles. The molecule has 0 saturated carbocycles. The number of halogens is 2. The Morgan fingerprint density at radius 1 is 1.32 bits per heavy atom. The van der Waals surface area contributed by atoms with Gasteiger partial charge in [0.05, 0.1) is 10.0 Å². The molecular weight excluding hydrogens is 309 g/mol. The Balaban J connectivity index is 3.08. The first kappa shape index (κ1) is 16.5. The van der Waals surface area contributed by atoms with Gasteiger partial charge in [0.1, 0.15) is 4.90 Å². The number of likely N-dealkylation sites (N-methyl/N-ethyl adjacent to an activating group) is 1. The van der Waals surface area contributed by atoms with Crippen LogP contribution in [0.5, 0.6) is 0 Å². The number of nitrogen functional groups attached to an aromatic ring is 1. The van der Waals surface area contributed by atoms with Crippen LogP contribution < -0.4 is 10.5 Å². The molecular formula is C11H17Cl2N3O2S. The van der Waals surface area contributed by atoms with Gasteiger partial charge in [-0.3, -0.25) is 0 Å². The summed E-state index contributed by atoms with van der Waals surface area (Å²) in [5.74, 6) is 0. The quantitative estimate of drug-likeness (QED) is 0.809. The highest BCUT2D eigenvalue weighted by Crippen LogP contribution is 2.31. The summed E-state index contributed by atoms with van der Waals surface area (Å²) in [6.07, 6.45) is 0. The minimum absolute atomic E-state index is 0.00885. The van der Waals surface area contributed by atoms with Gasteiger partial charge in [-0.1, -0.05) is 23.2 Å². The third-order valence-corrected chi connectivity index (χ3v) is 4.79. The first-order valence-electron chi connectivity index (χ1n) is 5.55. The Morgan fingerprint density at radius 3 is 2.21 bits per heavy atom. The van der Waals surface area contributed by atoms with Crippen LogP contribution in [-0.4, -0.2) is 40.0 Å². The molecule has 0 fully saturated rings. The van der Waals surface area contributed by atoms with Crippen molar-refractivity contribution in [3.05, 3.63) is 22.2 Å². The maximum absolute atomic E-state index is 12.2. The highest BCUT2D eigenvalue weighted by atomic mass is 35.5. The lowest BCUT2D eigenvalue weighted by molar-refractivity contribution is 0.370. The van der Waals surface area contributed by atoms with E-state index in [9.17, 15) is 8.42 Å². The number of rotatable bonds is 5. The molecule has 0 aromatic heterocycles. The average molecular weight is 326 g/mol. The van der Waals surface area contributed by atoms with Gasteiger partial charge < -0.3 is 10.6 Å². The van der Waals surface area contributed by atoms with E-state index in [1.54, 1.807) is 6.92 Å². The Kier molecular flexibility index (Phi) is 5.46. The Labute approximate surface area is 123 Å². The molecule has 1 atom stereocenters. The van der Waals surface area contributed by atoms with Gasteiger partial charge in [0, 0.05) is 18.3 Å². The van der Waals surface area contributed by atoms with E-state index in [0.29, 0.717) is 12.2 Å². The van der Waals surface area contributed by atoms with Crippen LogP contribution in [0.2, 0.25) is 10.0 Å². The van der Waals surface area contributed by atoms with Crippen LogP contribution in [0.4, 0.5) is 5.69 Å². The predicted molar refractivity (Wildman–Crippen MR) is 79.2 cm³/mol. The number of hydrogen-bond acceptors (Lipinski definition) is 4. The highest BCUT2D eigenvalue weighted by molar-refractivity contribution is 7.89. The summed E-state index contributed by atoms with van der Waals surface area (Å²) >= 11 is 11.8. The van der Waals surface area contributed by atoms with Crippen LogP contribution in [0.3, 0.4) is 0 Å². The van der Waals surface area contributed by atoms with E-state index in [1.807, 2.05) is 19.0 Å². The Bertz CT molecular complexity index is 538. The zero-order valence-electron chi connectivity index (χ0n) is 10.9. The minimum Gasteiger partial charge on any atom is -0.399 e. The smallest absolute Gasteiger partial charge is 0.243 e. The lowest BCUT2D eigenvalue weighted by atomic mass is 10.3. The minimum atomic E-state index is -3.78. The van der Waals surface area contributed by atoms with Crippen molar-refractivity contribution in [2.45, 2.75) is 17.9 Å². The van der Waals surface area contributed by atoms with Crippen molar-refractivity contribution in [3.63, 3.8) is 0 Å². The zero-order chi connectivity index (χ0) is 14.8. The molecule has 1 aromatic carbocycles. The second-order valence-corrected chi connectivity index (χ2v) is 7.06. The second-order valence-electron chi connectivity index (χ2n) is 4.60. The first-order chi connectivity index (χ1) is 8.63. The predicted octanol–water partition coefficient (Wildman–Crippen LogP) is 1.80. The fourth-order valence-corrected chi connectivity index (χ4v) is 4.21. The van der Waals surface area contributed by atoms with Crippen molar-refractivity contribution in [1.29, 1.82) is 0 Å². The summed E-state index contributed by atoms with van der Waals surface area (Å²) in [6.45, 7) is 2.32. The van der Waals surface area contributed by atoms with E-state index in [-0.39, 0.29) is 21.0 Å². The molecule has 0 radical (unpaired) electrons. The second kappa shape index (κ2) is 6.28. The van der Waals surface area contributed by atoms with E-state index < -0.39 is 10.0 Å². The number of benzene rings is 1. The van der Waals surface area contributed by atoms with Crippen LogP contribution in [0.1, 0.15) is 6.92 Å². The number of nitrogens with one attached hydrogen (secondary N) is 1. The first-order valence-corrected chi connectivity index (χ1v) is 7.79. The van der Waals surface area contributed by atoms with Crippen molar-refractivity contribution in [2.75, 3.05) is 26.4 Å². The van der Waals surface area contributed by atoms with Gasteiger partial charge in [0.15, 0.2) is 0 Å². The SMILES string of the molecule is CC(CN(C)C)NS(=O)(=O)c1c(Cl)cc(N)cc1Cl. The summed E-state index contributed by atoms with van der Waals surface area (Å²) in [5, 5.41) is 0.0177. The zero-order valence-corrected chi connectivity index (χ0v) is 13.3. The number of nitrogens with two attached hydrogens (primary N) is 1. The van der Waals surface area contributed by atoms with E-state index in [1.165, 1.54) is 12.1 Å². The summed E-state index contributed by atoms with van der Waals surface area (Å²) in [7, 11) is -0.0691. The van der Waals surface area contributed by atoms with Crippen LogP contribution in [0.15, 0.2) is 17.0 Å². The molecule has 0 aliphatic carbocycles. The molecule has 3 N–H and O–H groups in total. The average Bonchev–Trinajstić information content (AvgIpc) is 2.10. The van der Waals surface area contributed by atoms with Crippen molar-refractivity contribution < 1.29 is 8.42 Å². The van der Waals surface area contributed by atoms with E-state index in [2.05, 4.69) is 4.72 Å². The molecule has 19 heavy (non-hydrogen) atoms. The number of hydrogen-bond donors (Lipinski definition) is 2. The topological polar surface area (TPSA) is 75.4 Å². The lowest BCUT2D eigenvalue weighted by Gasteiger charge is -2.19. The van der Waals surface area contributed by atoms with Crippen LogP contribution in [-0.2, 0) is 10.0 Å². The van der Waals surface area contributed by atoms with Gasteiger partial charge in [-0.05, 0) is 33.2 Å². The van der Waals surface area contributed by atoms with Gasteiger partial charge in [-0.2, -0.15) is 0 Å². The van der Waals surface area contributed by atoms with Crippen LogP contribution in [0, 0.1) is 0 Å². The highest BCUT2D eigenvalue weighted by Gasteiger charge is 2.24. The Hall–Kier alpha value is -0.530. The lowest BCUT2D eigenvalue weighted by Crippen LogP contribution is -2.39. The molecule has 0 heterocycles. The van der Waals surface area contributed by atoms with Crippen molar-refractivity contribution in [1.82, 2.24) is 9.62 Å². The molecule has 1 unspecified atom stereocenters. The molecule has 0 amide bonds. The molecule has 1 rings (SSSR count). The molecule has 5 nitrogen and oxygen atoms in total. The summed E-state index contributed by atoms with van der Waals surface area (Å²) in [4.78, 5) is 1.73. The van der Waals surface area contributed by atoms with Crippen molar-refractivity contribution >= 4 is 38.9 Å². The van der Waals surface area contributed by atoms with Crippen molar-refractivity contribution in [3.8, 4) is 0 Å². The number of anilines is 1. The molecule has 8 heteroatoms. The summed E-state index contributed by atoms with van der Waals surface area (Å²) in [6, 6.07) is 2.45. The van der Waals surface area contributed by atoms with Crippen molar-refractivity contribution in [2.24, 2.45) is 0 Å². The molecule has 1 aromatic rings. The normalized spacial score (nSPS) is 13.8. The number of nitrogens with zero attached hydrogens (tertiary/aromatic N) is 1. The van der Waals surface area contributed by atoms with Gasteiger partial charge >= 0.3 is 0 Å². The monoisotopic (exact) mass is 325 g/mol. The van der Waals surface area contributed by atoms with Gasteiger partial charge in [0.2, 0.25) is 10.0 Å². The summed E-state index contributed by atoms with van der Waals surface area (Å²) in [5.41, 5.74) is 5.86. The largest absolute Gasteiger partial charge is 0.399 e. The standard InChI is InChI=1S/C11H17Cl2N3O2S/c1-7(6-16(2)3)15-19(17,18)11-9(12)4-8(14)5-10(11)13/h4-5,7,15H,6,14H2,1-3H3. The third-order valence-electron chi connectivity index (χ3n) is 2.28. The van der Waals surface area contributed by atoms with Crippen LogP contribution >= 0.6 is 23.2 Å². The van der Waals surface area contributed by atoms with Crippen LogP contribution in [0.25, 0.3) is 0 Å². The van der Waals surface area contributed by atoms with E-state index in [4.69, 9.17) is 28.9 Å². The molecule has 0 aliphatic rings. The number of sulfonamides is 1. The molecule has 0 aliphatic heterocycles. The van der Waals surface area contributed by atoms with E-state index in [0.717, 1.165) is 0 Å². The fraction of sp³-hybridized carbons (Fsp3) is 0.455. The van der Waals surface area contributed by atoms with Gasteiger partial charge in [-0.15, -0.1) is 0 Å². The molecule has 108 valence electrons.